The van der Waals surface area contributed by atoms with Gasteiger partial charge in [0.25, 0.3) is 0 Å². The fraction of sp³-hybridized carbons (Fsp3) is 0.500. The lowest BCUT2D eigenvalue weighted by Crippen LogP contribution is -2.35. The summed E-state index contributed by atoms with van der Waals surface area (Å²) in [6.45, 7) is 6.14. The first kappa shape index (κ1) is 14.8. The van der Waals surface area contributed by atoms with E-state index in [1.807, 2.05) is 0 Å². The Balaban J connectivity index is 2.00. The van der Waals surface area contributed by atoms with Crippen molar-refractivity contribution in [3.63, 3.8) is 0 Å². The number of rotatable bonds is 3. The lowest BCUT2D eigenvalue weighted by Gasteiger charge is -2.27. The molecule has 0 spiro atoms. The van der Waals surface area contributed by atoms with Gasteiger partial charge in [0.1, 0.15) is 5.69 Å². The van der Waals surface area contributed by atoms with Crippen molar-refractivity contribution >= 4 is 23.2 Å². The highest BCUT2D eigenvalue weighted by molar-refractivity contribution is 6.35. The molecule has 1 N–H and O–H groups in total. The smallest absolute Gasteiger partial charge is 0.234 e. The second-order valence-electron chi connectivity index (χ2n) is 5.64. The summed E-state index contributed by atoms with van der Waals surface area (Å²) < 4.78 is 5.52. The monoisotopic (exact) mass is 326 g/mol. The molecule has 0 radical (unpaired) electrons. The maximum Gasteiger partial charge on any atom is 0.234 e. The van der Waals surface area contributed by atoms with Gasteiger partial charge in [0, 0.05) is 12.7 Å². The van der Waals surface area contributed by atoms with Gasteiger partial charge in [-0.25, -0.2) is 4.98 Å². The van der Waals surface area contributed by atoms with Crippen molar-refractivity contribution in [3.05, 3.63) is 28.2 Å². The van der Waals surface area contributed by atoms with Gasteiger partial charge in [0.05, 0.1) is 15.5 Å². The molecule has 2 aromatic heterocycles. The van der Waals surface area contributed by atoms with Crippen LogP contribution in [0.25, 0.3) is 11.5 Å². The summed E-state index contributed by atoms with van der Waals surface area (Å²) in [5.41, 5.74) is 0.366. The molecule has 1 saturated heterocycles. The van der Waals surface area contributed by atoms with Crippen LogP contribution in [-0.2, 0) is 5.41 Å². The number of hydrogen-bond donors (Lipinski definition) is 1. The number of hydrogen-bond acceptors (Lipinski definition) is 5. The van der Waals surface area contributed by atoms with Gasteiger partial charge < -0.3 is 9.84 Å². The van der Waals surface area contributed by atoms with Gasteiger partial charge >= 0.3 is 0 Å². The Kier molecular flexibility index (Phi) is 3.90. The van der Waals surface area contributed by atoms with E-state index in [9.17, 15) is 0 Å². The number of pyridine rings is 1. The highest BCUT2D eigenvalue weighted by atomic mass is 35.5. The molecule has 0 amide bonds. The van der Waals surface area contributed by atoms with Gasteiger partial charge in [-0.15, -0.1) is 0 Å². The number of nitrogens with one attached hydrogen (secondary N) is 1. The van der Waals surface area contributed by atoms with Gasteiger partial charge in [0.2, 0.25) is 11.7 Å². The quantitative estimate of drug-likeness (QED) is 0.937. The second kappa shape index (κ2) is 5.55. The summed E-state index contributed by atoms with van der Waals surface area (Å²) in [5, 5.41) is 8.31. The molecule has 7 heteroatoms. The van der Waals surface area contributed by atoms with E-state index in [0.717, 1.165) is 19.5 Å². The van der Waals surface area contributed by atoms with Gasteiger partial charge in [-0.1, -0.05) is 42.2 Å². The van der Waals surface area contributed by atoms with Crippen molar-refractivity contribution in [1.29, 1.82) is 0 Å². The van der Waals surface area contributed by atoms with Crippen LogP contribution in [0.1, 0.15) is 26.2 Å². The van der Waals surface area contributed by atoms with Crippen LogP contribution in [0.15, 0.2) is 16.8 Å². The zero-order valence-corrected chi connectivity index (χ0v) is 13.4. The van der Waals surface area contributed by atoms with Crippen LogP contribution < -0.4 is 5.32 Å². The Hall–Kier alpha value is -1.17. The van der Waals surface area contributed by atoms with Crippen LogP contribution in [0.2, 0.25) is 10.0 Å². The minimum atomic E-state index is -0.121. The number of halogens is 2. The third-order valence-electron chi connectivity index (χ3n) is 4.17. The summed E-state index contributed by atoms with van der Waals surface area (Å²) in [7, 11) is 0. The number of nitrogens with zero attached hydrogens (tertiary/aromatic N) is 3. The van der Waals surface area contributed by atoms with Crippen LogP contribution in [0.5, 0.6) is 0 Å². The van der Waals surface area contributed by atoms with Crippen molar-refractivity contribution in [3.8, 4) is 11.5 Å². The maximum absolute atomic E-state index is 6.15. The summed E-state index contributed by atoms with van der Waals surface area (Å²) in [6.07, 6.45) is 2.50. The topological polar surface area (TPSA) is 63.8 Å². The van der Waals surface area contributed by atoms with Crippen LogP contribution in [-0.4, -0.2) is 28.2 Å². The molecule has 112 valence electrons. The molecule has 2 aromatic rings. The summed E-state index contributed by atoms with van der Waals surface area (Å²) in [6, 6.07) is 1.62. The van der Waals surface area contributed by atoms with E-state index in [0.29, 0.717) is 33.4 Å². The Morgan fingerprint density at radius 1 is 1.38 bits per heavy atom. The Morgan fingerprint density at radius 2 is 2.19 bits per heavy atom. The average Bonchev–Trinajstić information content (AvgIpc) is 3.08. The van der Waals surface area contributed by atoms with E-state index < -0.39 is 0 Å². The molecule has 1 fully saturated rings. The van der Waals surface area contributed by atoms with Crippen LogP contribution in [0.4, 0.5) is 0 Å². The van der Waals surface area contributed by atoms with E-state index >= 15 is 0 Å². The molecule has 1 atom stereocenters. The molecule has 1 aliphatic heterocycles. The SMILES string of the molecule is CC(C)C1(c2nc(-c3ncc(Cl)cc3Cl)no2)CCNC1. The van der Waals surface area contributed by atoms with E-state index in [-0.39, 0.29) is 5.41 Å². The normalized spacial score (nSPS) is 22.1. The van der Waals surface area contributed by atoms with E-state index in [4.69, 9.17) is 27.7 Å². The van der Waals surface area contributed by atoms with Crippen molar-refractivity contribution in [1.82, 2.24) is 20.4 Å². The lowest BCUT2D eigenvalue weighted by atomic mass is 9.76. The standard InChI is InChI=1S/C14H16Cl2N4O/c1-8(2)14(3-4-17-7-14)13-19-12(20-21-13)11-10(16)5-9(15)6-18-11/h5-6,8,17H,3-4,7H2,1-2H3. The third kappa shape index (κ3) is 2.54. The predicted octanol–water partition coefficient (Wildman–Crippen LogP) is 3.33. The molecule has 1 unspecified atom stereocenters. The molecule has 0 aliphatic carbocycles. The largest absolute Gasteiger partial charge is 0.338 e. The molecule has 3 heterocycles. The van der Waals surface area contributed by atoms with E-state index in [2.05, 4.69) is 34.3 Å². The van der Waals surface area contributed by atoms with Gasteiger partial charge in [-0.2, -0.15) is 4.98 Å². The van der Waals surface area contributed by atoms with Crippen molar-refractivity contribution in [2.45, 2.75) is 25.7 Å². The fourth-order valence-corrected chi connectivity index (χ4v) is 3.20. The zero-order valence-electron chi connectivity index (χ0n) is 11.9. The molecule has 3 rings (SSSR count). The fourth-order valence-electron chi connectivity index (χ4n) is 2.73. The van der Waals surface area contributed by atoms with Crippen molar-refractivity contribution < 1.29 is 4.52 Å². The van der Waals surface area contributed by atoms with Gasteiger partial charge in [-0.05, 0) is 24.9 Å². The minimum absolute atomic E-state index is 0.121. The number of aromatic nitrogens is 3. The van der Waals surface area contributed by atoms with Gasteiger partial charge in [0.15, 0.2) is 0 Å². The predicted molar refractivity (Wildman–Crippen MR) is 81.6 cm³/mol. The molecule has 0 bridgehead atoms. The summed E-state index contributed by atoms with van der Waals surface area (Å²) >= 11 is 12.0. The minimum Gasteiger partial charge on any atom is -0.338 e. The van der Waals surface area contributed by atoms with E-state index in [1.54, 1.807) is 6.07 Å². The maximum atomic E-state index is 6.15. The molecular weight excluding hydrogens is 311 g/mol. The molecular formula is C14H16Cl2N4O. The Labute approximate surface area is 133 Å². The second-order valence-corrected chi connectivity index (χ2v) is 6.49. The first-order chi connectivity index (χ1) is 10.0. The molecule has 5 nitrogen and oxygen atoms in total. The summed E-state index contributed by atoms with van der Waals surface area (Å²) in [4.78, 5) is 8.73. The third-order valence-corrected chi connectivity index (χ3v) is 4.66. The Bertz CT molecular complexity index is 650. The van der Waals surface area contributed by atoms with E-state index in [1.165, 1.54) is 6.20 Å². The molecule has 0 aromatic carbocycles. The molecule has 0 saturated carbocycles. The van der Waals surface area contributed by atoms with Crippen LogP contribution >= 0.6 is 23.2 Å². The van der Waals surface area contributed by atoms with Crippen LogP contribution in [0.3, 0.4) is 0 Å². The molecule has 21 heavy (non-hydrogen) atoms. The van der Waals surface area contributed by atoms with Crippen LogP contribution in [0, 0.1) is 5.92 Å². The first-order valence-corrected chi connectivity index (χ1v) is 7.65. The van der Waals surface area contributed by atoms with Crippen molar-refractivity contribution in [2.24, 2.45) is 5.92 Å². The lowest BCUT2D eigenvalue weighted by molar-refractivity contribution is 0.234. The highest BCUT2D eigenvalue weighted by Gasteiger charge is 2.43. The Morgan fingerprint density at radius 3 is 2.81 bits per heavy atom. The summed E-state index contributed by atoms with van der Waals surface area (Å²) in [5.74, 6) is 1.44. The zero-order chi connectivity index (χ0) is 15.0. The molecule has 1 aliphatic rings. The first-order valence-electron chi connectivity index (χ1n) is 6.89. The highest BCUT2D eigenvalue weighted by Crippen LogP contribution is 2.38. The average molecular weight is 327 g/mol. The van der Waals surface area contributed by atoms with Crippen molar-refractivity contribution in [2.75, 3.05) is 13.1 Å². The van der Waals surface area contributed by atoms with Gasteiger partial charge in [-0.3, -0.25) is 0 Å².